The summed E-state index contributed by atoms with van der Waals surface area (Å²) in [5.41, 5.74) is 2.18. The van der Waals surface area contributed by atoms with Crippen LogP contribution in [0.1, 0.15) is 38.7 Å². The van der Waals surface area contributed by atoms with E-state index in [4.69, 9.17) is 0 Å². The first-order valence-electron chi connectivity index (χ1n) is 7.71. The van der Waals surface area contributed by atoms with Crippen LogP contribution in [-0.4, -0.2) is 29.8 Å². The van der Waals surface area contributed by atoms with Gasteiger partial charge in [0, 0.05) is 23.2 Å². The van der Waals surface area contributed by atoms with E-state index in [9.17, 15) is 0 Å². The highest BCUT2D eigenvalue weighted by molar-refractivity contribution is 8.00. The van der Waals surface area contributed by atoms with Crippen LogP contribution in [0.15, 0.2) is 29.2 Å². The Bertz CT molecular complexity index is 414. The third-order valence-electron chi connectivity index (χ3n) is 5.19. The fourth-order valence-corrected chi connectivity index (χ4v) is 5.02. The zero-order valence-electron chi connectivity index (χ0n) is 12.2. The highest BCUT2D eigenvalue weighted by atomic mass is 32.2. The van der Waals surface area contributed by atoms with Crippen LogP contribution in [0.25, 0.3) is 0 Å². The van der Waals surface area contributed by atoms with Crippen LogP contribution in [0.2, 0.25) is 0 Å². The highest BCUT2D eigenvalue weighted by Gasteiger charge is 2.36. The second kappa shape index (κ2) is 5.49. The summed E-state index contributed by atoms with van der Waals surface area (Å²) in [5, 5.41) is 0.780. The van der Waals surface area contributed by atoms with E-state index in [0.29, 0.717) is 5.41 Å². The molecule has 1 fully saturated rings. The molecule has 2 heterocycles. The molecule has 0 aromatic heterocycles. The van der Waals surface area contributed by atoms with E-state index in [1.165, 1.54) is 50.2 Å². The van der Waals surface area contributed by atoms with E-state index in [2.05, 4.69) is 54.8 Å². The number of fused-ring (bicyclic) bond motifs is 1. The maximum Gasteiger partial charge on any atom is 0.0263 e. The summed E-state index contributed by atoms with van der Waals surface area (Å²) < 4.78 is 0. The number of hydrogen-bond acceptors (Lipinski definition) is 2. The summed E-state index contributed by atoms with van der Waals surface area (Å²) in [7, 11) is 0. The molecule has 1 atom stereocenters. The van der Waals surface area contributed by atoms with Gasteiger partial charge >= 0.3 is 0 Å². The molecule has 0 radical (unpaired) electrons. The molecule has 0 N–H and O–H groups in total. The predicted molar refractivity (Wildman–Crippen MR) is 83.9 cm³/mol. The van der Waals surface area contributed by atoms with E-state index < -0.39 is 0 Å². The van der Waals surface area contributed by atoms with Gasteiger partial charge < -0.3 is 4.90 Å². The van der Waals surface area contributed by atoms with Gasteiger partial charge in [-0.3, -0.25) is 0 Å². The Kier molecular flexibility index (Phi) is 3.91. The van der Waals surface area contributed by atoms with Crippen LogP contribution in [0, 0.1) is 5.41 Å². The lowest BCUT2D eigenvalue weighted by Gasteiger charge is -2.27. The average Bonchev–Trinajstić information content (AvgIpc) is 3.03. The molecule has 3 rings (SSSR count). The molecule has 1 unspecified atom stereocenters. The second-order valence-electron chi connectivity index (χ2n) is 6.24. The van der Waals surface area contributed by atoms with Crippen molar-refractivity contribution in [2.24, 2.45) is 5.41 Å². The molecule has 1 aromatic carbocycles. The topological polar surface area (TPSA) is 3.24 Å². The number of rotatable bonds is 4. The molecule has 1 aromatic rings. The first-order valence-corrected chi connectivity index (χ1v) is 8.59. The predicted octanol–water partition coefficient (Wildman–Crippen LogP) is 4.22. The molecule has 0 spiro atoms. The van der Waals surface area contributed by atoms with Crippen molar-refractivity contribution in [2.75, 3.05) is 19.6 Å². The van der Waals surface area contributed by atoms with Crippen molar-refractivity contribution in [3.05, 3.63) is 29.8 Å². The summed E-state index contributed by atoms with van der Waals surface area (Å²) in [6, 6.07) is 8.93. The van der Waals surface area contributed by atoms with Gasteiger partial charge in [-0.15, -0.1) is 11.8 Å². The standard InChI is InChI=1S/C17H25NS/c1-3-17(4-2)9-10-18(13-17)12-15-11-14-7-5-6-8-16(14)19-15/h5-8,15H,3-4,9-13H2,1-2H3. The Labute approximate surface area is 121 Å². The fourth-order valence-electron chi connectivity index (χ4n) is 3.65. The Morgan fingerprint density at radius 2 is 2.05 bits per heavy atom. The van der Waals surface area contributed by atoms with Crippen LogP contribution in [0.3, 0.4) is 0 Å². The van der Waals surface area contributed by atoms with Crippen molar-refractivity contribution >= 4 is 11.8 Å². The van der Waals surface area contributed by atoms with Crippen LogP contribution in [0.5, 0.6) is 0 Å². The number of likely N-dealkylation sites (tertiary alicyclic amines) is 1. The molecule has 2 aliphatic heterocycles. The van der Waals surface area contributed by atoms with Crippen molar-refractivity contribution in [3.63, 3.8) is 0 Å². The Morgan fingerprint density at radius 3 is 2.74 bits per heavy atom. The molecule has 2 heteroatoms. The van der Waals surface area contributed by atoms with Gasteiger partial charge in [0.1, 0.15) is 0 Å². The van der Waals surface area contributed by atoms with Crippen LogP contribution >= 0.6 is 11.8 Å². The van der Waals surface area contributed by atoms with E-state index in [1.54, 1.807) is 5.56 Å². The lowest BCUT2D eigenvalue weighted by atomic mass is 9.82. The molecule has 2 aliphatic rings. The minimum absolute atomic E-state index is 0.621. The van der Waals surface area contributed by atoms with E-state index in [-0.39, 0.29) is 0 Å². The lowest BCUT2D eigenvalue weighted by Crippen LogP contribution is -2.31. The zero-order valence-corrected chi connectivity index (χ0v) is 13.0. The lowest BCUT2D eigenvalue weighted by molar-refractivity contribution is 0.241. The molecule has 1 nitrogen and oxygen atoms in total. The van der Waals surface area contributed by atoms with Gasteiger partial charge in [-0.2, -0.15) is 0 Å². The first-order chi connectivity index (χ1) is 9.24. The SMILES string of the molecule is CCC1(CC)CCN(CC2Cc3ccccc3S2)C1. The van der Waals surface area contributed by atoms with Crippen LogP contribution in [-0.2, 0) is 6.42 Å². The average molecular weight is 275 g/mol. The third kappa shape index (κ3) is 2.71. The molecule has 19 heavy (non-hydrogen) atoms. The van der Waals surface area contributed by atoms with Crippen molar-refractivity contribution < 1.29 is 0 Å². The van der Waals surface area contributed by atoms with Crippen molar-refractivity contribution in [1.82, 2.24) is 4.90 Å². The van der Waals surface area contributed by atoms with Gasteiger partial charge in [0.05, 0.1) is 0 Å². The Hall–Kier alpha value is -0.470. The molecule has 0 saturated carbocycles. The van der Waals surface area contributed by atoms with Crippen LogP contribution < -0.4 is 0 Å². The van der Waals surface area contributed by atoms with Crippen molar-refractivity contribution in [2.45, 2.75) is 49.7 Å². The minimum Gasteiger partial charge on any atom is -0.302 e. The number of nitrogens with zero attached hydrogens (tertiary/aromatic N) is 1. The zero-order chi connectivity index (χ0) is 13.3. The fraction of sp³-hybridized carbons (Fsp3) is 0.647. The third-order valence-corrected chi connectivity index (χ3v) is 6.49. The number of benzene rings is 1. The monoisotopic (exact) mass is 275 g/mol. The molecular formula is C17H25NS. The van der Waals surface area contributed by atoms with Crippen molar-refractivity contribution in [1.29, 1.82) is 0 Å². The van der Waals surface area contributed by atoms with Gasteiger partial charge in [0.15, 0.2) is 0 Å². The summed E-state index contributed by atoms with van der Waals surface area (Å²) in [4.78, 5) is 4.24. The number of hydrogen-bond donors (Lipinski definition) is 0. The second-order valence-corrected chi connectivity index (χ2v) is 7.59. The van der Waals surface area contributed by atoms with E-state index >= 15 is 0 Å². The van der Waals surface area contributed by atoms with Crippen LogP contribution in [0.4, 0.5) is 0 Å². The molecule has 0 amide bonds. The smallest absolute Gasteiger partial charge is 0.0263 e. The largest absolute Gasteiger partial charge is 0.302 e. The molecule has 0 aliphatic carbocycles. The molecule has 1 saturated heterocycles. The maximum atomic E-state index is 2.72. The minimum atomic E-state index is 0.621. The van der Waals surface area contributed by atoms with Crippen molar-refractivity contribution in [3.8, 4) is 0 Å². The van der Waals surface area contributed by atoms with Gasteiger partial charge in [0.25, 0.3) is 0 Å². The quantitative estimate of drug-likeness (QED) is 0.809. The Morgan fingerprint density at radius 1 is 1.26 bits per heavy atom. The van der Waals surface area contributed by atoms with E-state index in [0.717, 1.165) is 5.25 Å². The molecule has 0 bridgehead atoms. The highest BCUT2D eigenvalue weighted by Crippen LogP contribution is 2.40. The van der Waals surface area contributed by atoms with E-state index in [1.807, 2.05) is 0 Å². The summed E-state index contributed by atoms with van der Waals surface area (Å²) >= 11 is 2.10. The number of thioether (sulfide) groups is 1. The molecule has 104 valence electrons. The Balaban J connectivity index is 1.58. The summed E-state index contributed by atoms with van der Waals surface area (Å²) in [6.07, 6.45) is 5.36. The first kappa shape index (κ1) is 13.5. The van der Waals surface area contributed by atoms with Gasteiger partial charge in [0.2, 0.25) is 0 Å². The maximum absolute atomic E-state index is 2.72. The molecular weight excluding hydrogens is 250 g/mol. The summed E-state index contributed by atoms with van der Waals surface area (Å²) in [5.74, 6) is 0. The summed E-state index contributed by atoms with van der Waals surface area (Å²) in [6.45, 7) is 8.66. The van der Waals surface area contributed by atoms with Gasteiger partial charge in [-0.25, -0.2) is 0 Å². The normalized spacial score (nSPS) is 25.7. The van der Waals surface area contributed by atoms with Gasteiger partial charge in [-0.1, -0.05) is 32.0 Å². The van der Waals surface area contributed by atoms with Gasteiger partial charge in [-0.05, 0) is 49.3 Å².